The van der Waals surface area contributed by atoms with Gasteiger partial charge in [0.25, 0.3) is 0 Å². The van der Waals surface area contributed by atoms with Crippen LogP contribution in [0.1, 0.15) is 52.5 Å². The molecule has 124 valence electrons. The summed E-state index contributed by atoms with van der Waals surface area (Å²) in [5.74, 6) is 0. The molecule has 0 bridgehead atoms. The van der Waals surface area contributed by atoms with Crippen LogP contribution in [0.25, 0.3) is 0 Å². The summed E-state index contributed by atoms with van der Waals surface area (Å²) in [5.41, 5.74) is 1.29. The summed E-state index contributed by atoms with van der Waals surface area (Å²) < 4.78 is 0. The second-order valence-corrected chi connectivity index (χ2v) is 6.74. The molecule has 1 aromatic carbocycles. The van der Waals surface area contributed by atoms with Gasteiger partial charge in [-0.1, -0.05) is 44.2 Å². The molecule has 2 unspecified atom stereocenters. The van der Waals surface area contributed by atoms with Crippen LogP contribution in [0.5, 0.6) is 0 Å². The molecule has 0 saturated heterocycles. The minimum absolute atomic E-state index is 0.0104. The van der Waals surface area contributed by atoms with Crippen LogP contribution in [0, 0.1) is 0 Å². The summed E-state index contributed by atoms with van der Waals surface area (Å²) in [7, 11) is 0. The molecule has 0 aliphatic carbocycles. The molecule has 0 aliphatic heterocycles. The molecule has 4 heteroatoms. The van der Waals surface area contributed by atoms with Gasteiger partial charge in [-0.3, -0.25) is 0 Å². The highest BCUT2D eigenvalue weighted by Gasteiger charge is 2.24. The van der Waals surface area contributed by atoms with E-state index in [9.17, 15) is 4.79 Å². The van der Waals surface area contributed by atoms with E-state index in [1.807, 2.05) is 32.0 Å². The highest BCUT2D eigenvalue weighted by molar-refractivity contribution is 5.74. The zero-order chi connectivity index (χ0) is 16.6. The largest absolute Gasteiger partial charge is 0.396 e. The lowest BCUT2D eigenvalue weighted by atomic mass is 9.79. The average molecular weight is 306 g/mol. The van der Waals surface area contributed by atoms with E-state index in [2.05, 4.69) is 36.6 Å². The number of urea groups is 1. The second-order valence-electron chi connectivity index (χ2n) is 6.74. The van der Waals surface area contributed by atoms with Crippen molar-refractivity contribution in [1.29, 1.82) is 0 Å². The van der Waals surface area contributed by atoms with Gasteiger partial charge in [-0.15, -0.1) is 0 Å². The smallest absolute Gasteiger partial charge is 0.315 e. The second kappa shape index (κ2) is 8.79. The Morgan fingerprint density at radius 2 is 1.73 bits per heavy atom. The lowest BCUT2D eigenvalue weighted by Gasteiger charge is -2.29. The number of hydrogen-bond acceptors (Lipinski definition) is 2. The lowest BCUT2D eigenvalue weighted by Crippen LogP contribution is -2.46. The predicted octanol–water partition coefficient (Wildman–Crippen LogP) is 3.20. The van der Waals surface area contributed by atoms with Gasteiger partial charge in [0.1, 0.15) is 0 Å². The third-order valence-electron chi connectivity index (χ3n) is 3.92. The van der Waals surface area contributed by atoms with Gasteiger partial charge in [-0.25, -0.2) is 4.79 Å². The van der Waals surface area contributed by atoms with Crippen LogP contribution in [0.2, 0.25) is 0 Å². The molecule has 0 fully saturated rings. The van der Waals surface area contributed by atoms with E-state index in [1.165, 1.54) is 5.56 Å². The van der Waals surface area contributed by atoms with Crippen molar-refractivity contribution in [3.8, 4) is 0 Å². The molecule has 0 aromatic heterocycles. The summed E-state index contributed by atoms with van der Waals surface area (Å²) in [6.45, 7) is 8.54. The summed E-state index contributed by atoms with van der Waals surface area (Å²) in [6.07, 6.45) is 2.36. The molecule has 22 heavy (non-hydrogen) atoms. The summed E-state index contributed by atoms with van der Waals surface area (Å²) in [6, 6.07) is 10.4. The van der Waals surface area contributed by atoms with Gasteiger partial charge in [0.05, 0.1) is 0 Å². The number of nitrogens with one attached hydrogen (secondary N) is 2. The van der Waals surface area contributed by atoms with Crippen molar-refractivity contribution in [3.05, 3.63) is 35.9 Å². The molecule has 3 N–H and O–H groups in total. The maximum Gasteiger partial charge on any atom is 0.315 e. The number of rotatable bonds is 8. The maximum absolute atomic E-state index is 12.0. The fourth-order valence-corrected chi connectivity index (χ4v) is 2.78. The van der Waals surface area contributed by atoms with Gasteiger partial charge >= 0.3 is 6.03 Å². The molecule has 2 atom stereocenters. The van der Waals surface area contributed by atoms with Gasteiger partial charge in [-0.2, -0.15) is 0 Å². The Labute approximate surface area is 134 Å². The van der Waals surface area contributed by atoms with Crippen LogP contribution in [-0.2, 0) is 5.41 Å². The van der Waals surface area contributed by atoms with E-state index in [-0.39, 0.29) is 30.1 Å². The molecule has 0 saturated carbocycles. The first-order valence-electron chi connectivity index (χ1n) is 8.08. The molecule has 0 radical (unpaired) electrons. The van der Waals surface area contributed by atoms with Crippen molar-refractivity contribution >= 4 is 6.03 Å². The Morgan fingerprint density at radius 3 is 2.32 bits per heavy atom. The summed E-state index contributed by atoms with van der Waals surface area (Å²) in [5, 5.41) is 14.7. The molecule has 0 heterocycles. The van der Waals surface area contributed by atoms with Crippen molar-refractivity contribution in [2.75, 3.05) is 6.61 Å². The van der Waals surface area contributed by atoms with Crippen LogP contribution in [0.4, 0.5) is 4.79 Å². The molecule has 0 spiro atoms. The topological polar surface area (TPSA) is 61.4 Å². The minimum Gasteiger partial charge on any atom is -0.396 e. The summed E-state index contributed by atoms with van der Waals surface area (Å²) >= 11 is 0. The zero-order valence-electron chi connectivity index (χ0n) is 14.2. The quantitative estimate of drug-likeness (QED) is 0.690. The van der Waals surface area contributed by atoms with Crippen LogP contribution in [0.15, 0.2) is 30.3 Å². The van der Waals surface area contributed by atoms with Gasteiger partial charge in [-0.05, 0) is 44.1 Å². The molecule has 2 amide bonds. The highest BCUT2D eigenvalue weighted by atomic mass is 16.3. The number of aliphatic hydroxyl groups is 1. The third-order valence-corrected chi connectivity index (χ3v) is 3.92. The number of carbonyl (C=O) groups excluding carboxylic acids is 1. The first kappa shape index (κ1) is 18.5. The van der Waals surface area contributed by atoms with E-state index in [0.29, 0.717) is 6.42 Å². The Morgan fingerprint density at radius 1 is 1.14 bits per heavy atom. The lowest BCUT2D eigenvalue weighted by molar-refractivity contribution is 0.229. The van der Waals surface area contributed by atoms with Crippen LogP contribution >= 0.6 is 0 Å². The normalized spacial score (nSPS) is 14.2. The number of aliphatic hydroxyl groups excluding tert-OH is 1. The molecular formula is C18H30N2O2. The van der Waals surface area contributed by atoms with E-state index in [0.717, 1.165) is 12.8 Å². The Bertz CT molecular complexity index is 446. The Hall–Kier alpha value is -1.55. The van der Waals surface area contributed by atoms with Crippen LogP contribution in [-0.4, -0.2) is 29.8 Å². The van der Waals surface area contributed by atoms with E-state index >= 15 is 0 Å². The number of benzene rings is 1. The standard InChI is InChI=1S/C18H30N2O2/c1-14(9-8-12-21)19-17(22)20-15(2)13-18(3,4)16-10-6-5-7-11-16/h5-7,10-11,14-15,21H,8-9,12-13H2,1-4H3,(H2,19,20,22). The Balaban J connectivity index is 2.45. The predicted molar refractivity (Wildman–Crippen MR) is 91.0 cm³/mol. The van der Waals surface area contributed by atoms with Crippen molar-refractivity contribution < 1.29 is 9.90 Å². The van der Waals surface area contributed by atoms with Crippen molar-refractivity contribution in [2.24, 2.45) is 0 Å². The van der Waals surface area contributed by atoms with Gasteiger partial charge in [0.15, 0.2) is 0 Å². The number of hydrogen-bond donors (Lipinski definition) is 3. The van der Waals surface area contributed by atoms with Crippen molar-refractivity contribution in [1.82, 2.24) is 10.6 Å². The van der Waals surface area contributed by atoms with Gasteiger partial charge in [0, 0.05) is 18.7 Å². The van der Waals surface area contributed by atoms with E-state index < -0.39 is 0 Å². The minimum atomic E-state index is -0.137. The molecule has 0 aliphatic rings. The highest BCUT2D eigenvalue weighted by Crippen LogP contribution is 2.28. The number of carbonyl (C=O) groups is 1. The molecular weight excluding hydrogens is 276 g/mol. The first-order chi connectivity index (χ1) is 10.3. The van der Waals surface area contributed by atoms with Crippen molar-refractivity contribution in [3.63, 3.8) is 0 Å². The fourth-order valence-electron chi connectivity index (χ4n) is 2.78. The monoisotopic (exact) mass is 306 g/mol. The molecule has 1 rings (SSSR count). The first-order valence-corrected chi connectivity index (χ1v) is 8.08. The molecule has 4 nitrogen and oxygen atoms in total. The average Bonchev–Trinajstić information content (AvgIpc) is 2.45. The maximum atomic E-state index is 12.0. The van der Waals surface area contributed by atoms with E-state index in [1.54, 1.807) is 0 Å². The third kappa shape index (κ3) is 6.48. The van der Waals surface area contributed by atoms with Crippen LogP contribution < -0.4 is 10.6 Å². The molecule has 1 aromatic rings. The van der Waals surface area contributed by atoms with Gasteiger partial charge in [0.2, 0.25) is 0 Å². The van der Waals surface area contributed by atoms with E-state index in [4.69, 9.17) is 5.11 Å². The SMILES string of the molecule is CC(CCCO)NC(=O)NC(C)CC(C)(C)c1ccccc1. The fraction of sp³-hybridized carbons (Fsp3) is 0.611. The van der Waals surface area contributed by atoms with Crippen molar-refractivity contribution in [2.45, 2.75) is 64.5 Å². The number of amides is 2. The summed E-state index contributed by atoms with van der Waals surface area (Å²) in [4.78, 5) is 12.0. The zero-order valence-corrected chi connectivity index (χ0v) is 14.2. The Kier molecular flexibility index (Phi) is 7.39. The van der Waals surface area contributed by atoms with Gasteiger partial charge < -0.3 is 15.7 Å². The van der Waals surface area contributed by atoms with Crippen LogP contribution in [0.3, 0.4) is 0 Å².